The quantitative estimate of drug-likeness (QED) is 0.742. The molecule has 2 atom stereocenters. The second kappa shape index (κ2) is 10.0. The Labute approximate surface area is 147 Å². The molecule has 0 saturated carbocycles. The average Bonchev–Trinajstić information content (AvgIpc) is 2.61. The van der Waals surface area contributed by atoms with E-state index in [-0.39, 0.29) is 24.6 Å². The lowest BCUT2D eigenvalue weighted by molar-refractivity contribution is -0.137. The lowest BCUT2D eigenvalue weighted by Crippen LogP contribution is -2.53. The number of hydrogen-bond acceptors (Lipinski definition) is 4. The van der Waals surface area contributed by atoms with E-state index >= 15 is 0 Å². The number of carbonyl (C=O) groups is 2. The molecule has 2 unspecified atom stereocenters. The molecule has 0 aliphatic carbocycles. The highest BCUT2D eigenvalue weighted by Crippen LogP contribution is 2.11. The SMILES string of the molecule is COCC1CN(C(=O)NC(CCC(=O)O)Cc2ccccc2)CCO1. The summed E-state index contributed by atoms with van der Waals surface area (Å²) in [5, 5.41) is 11.9. The summed E-state index contributed by atoms with van der Waals surface area (Å²) in [6.45, 7) is 1.90. The summed E-state index contributed by atoms with van der Waals surface area (Å²) in [7, 11) is 1.60. The molecule has 2 amide bonds. The molecule has 1 aliphatic rings. The molecule has 138 valence electrons. The van der Waals surface area contributed by atoms with E-state index in [1.807, 2.05) is 30.3 Å². The van der Waals surface area contributed by atoms with Crippen LogP contribution in [0.2, 0.25) is 0 Å². The molecule has 7 heteroatoms. The van der Waals surface area contributed by atoms with Crippen molar-refractivity contribution in [1.29, 1.82) is 0 Å². The topological polar surface area (TPSA) is 88.1 Å². The van der Waals surface area contributed by atoms with E-state index in [2.05, 4.69) is 5.32 Å². The van der Waals surface area contributed by atoms with Gasteiger partial charge < -0.3 is 24.8 Å². The van der Waals surface area contributed by atoms with Crippen molar-refractivity contribution < 1.29 is 24.2 Å². The molecule has 0 spiro atoms. The molecule has 1 heterocycles. The maximum Gasteiger partial charge on any atom is 0.317 e. The van der Waals surface area contributed by atoms with Crippen LogP contribution in [-0.2, 0) is 20.7 Å². The fourth-order valence-electron chi connectivity index (χ4n) is 2.88. The van der Waals surface area contributed by atoms with Crippen LogP contribution in [0.4, 0.5) is 4.79 Å². The molecule has 2 rings (SSSR count). The van der Waals surface area contributed by atoms with Crippen molar-refractivity contribution >= 4 is 12.0 Å². The number of nitrogens with zero attached hydrogens (tertiary/aromatic N) is 1. The highest BCUT2D eigenvalue weighted by molar-refractivity contribution is 5.75. The normalized spacial score (nSPS) is 18.6. The van der Waals surface area contributed by atoms with Crippen LogP contribution >= 0.6 is 0 Å². The number of carboxylic acid groups (broad SMARTS) is 1. The number of rotatable bonds is 8. The number of carbonyl (C=O) groups excluding carboxylic acids is 1. The zero-order valence-corrected chi connectivity index (χ0v) is 14.5. The van der Waals surface area contributed by atoms with Gasteiger partial charge in [-0.2, -0.15) is 0 Å². The second-order valence-corrected chi connectivity index (χ2v) is 6.16. The Bertz CT molecular complexity index is 550. The van der Waals surface area contributed by atoms with Crippen LogP contribution in [-0.4, -0.2) is 67.6 Å². The molecule has 2 N–H and O–H groups in total. The minimum Gasteiger partial charge on any atom is -0.481 e. The Balaban J connectivity index is 1.94. The highest BCUT2D eigenvalue weighted by atomic mass is 16.5. The van der Waals surface area contributed by atoms with Gasteiger partial charge >= 0.3 is 12.0 Å². The van der Waals surface area contributed by atoms with Gasteiger partial charge in [0.1, 0.15) is 0 Å². The van der Waals surface area contributed by atoms with Crippen LogP contribution in [0.3, 0.4) is 0 Å². The fraction of sp³-hybridized carbons (Fsp3) is 0.556. The summed E-state index contributed by atoms with van der Waals surface area (Å²) >= 11 is 0. The van der Waals surface area contributed by atoms with E-state index in [0.717, 1.165) is 5.56 Å². The molecule has 0 radical (unpaired) electrons. The van der Waals surface area contributed by atoms with E-state index < -0.39 is 5.97 Å². The Morgan fingerprint density at radius 1 is 1.40 bits per heavy atom. The van der Waals surface area contributed by atoms with Crippen LogP contribution in [0.1, 0.15) is 18.4 Å². The molecule has 1 aliphatic heterocycles. The van der Waals surface area contributed by atoms with Crippen LogP contribution in [0.15, 0.2) is 30.3 Å². The van der Waals surface area contributed by atoms with Crippen LogP contribution in [0, 0.1) is 0 Å². The van der Waals surface area contributed by atoms with Crippen molar-refractivity contribution in [3.8, 4) is 0 Å². The zero-order valence-electron chi connectivity index (χ0n) is 14.5. The lowest BCUT2D eigenvalue weighted by atomic mass is 10.0. The molecule has 1 fully saturated rings. The minimum absolute atomic E-state index is 0.0210. The molecule has 1 aromatic rings. The first-order valence-corrected chi connectivity index (χ1v) is 8.50. The molecule has 1 saturated heterocycles. The highest BCUT2D eigenvalue weighted by Gasteiger charge is 2.25. The van der Waals surface area contributed by atoms with Gasteiger partial charge in [0.2, 0.25) is 0 Å². The monoisotopic (exact) mass is 350 g/mol. The Morgan fingerprint density at radius 2 is 2.16 bits per heavy atom. The number of carboxylic acids is 1. The van der Waals surface area contributed by atoms with Crippen molar-refractivity contribution in [2.24, 2.45) is 0 Å². The predicted octanol–water partition coefficient (Wildman–Crippen LogP) is 1.52. The van der Waals surface area contributed by atoms with Crippen LogP contribution in [0.25, 0.3) is 0 Å². The lowest BCUT2D eigenvalue weighted by Gasteiger charge is -2.33. The summed E-state index contributed by atoms with van der Waals surface area (Å²) in [5.41, 5.74) is 1.07. The summed E-state index contributed by atoms with van der Waals surface area (Å²) in [4.78, 5) is 25.2. The maximum atomic E-state index is 12.6. The Morgan fingerprint density at radius 3 is 2.84 bits per heavy atom. The van der Waals surface area contributed by atoms with E-state index in [9.17, 15) is 9.59 Å². The first-order chi connectivity index (χ1) is 12.1. The van der Waals surface area contributed by atoms with Gasteiger partial charge in [-0.1, -0.05) is 30.3 Å². The fourth-order valence-corrected chi connectivity index (χ4v) is 2.88. The minimum atomic E-state index is -0.862. The first kappa shape index (κ1) is 19.2. The van der Waals surface area contributed by atoms with Gasteiger partial charge in [-0.15, -0.1) is 0 Å². The van der Waals surface area contributed by atoms with Gasteiger partial charge in [0.15, 0.2) is 0 Å². The number of methoxy groups -OCH3 is 1. The number of ether oxygens (including phenoxy) is 2. The van der Waals surface area contributed by atoms with Gasteiger partial charge in [0.05, 0.1) is 25.9 Å². The third kappa shape index (κ3) is 6.72. The number of morpholine rings is 1. The zero-order chi connectivity index (χ0) is 18.1. The van der Waals surface area contributed by atoms with E-state index in [1.54, 1.807) is 12.0 Å². The molecule has 7 nitrogen and oxygen atoms in total. The Kier molecular flexibility index (Phi) is 7.69. The number of amides is 2. The number of hydrogen-bond donors (Lipinski definition) is 2. The summed E-state index contributed by atoms with van der Waals surface area (Å²) in [5.74, 6) is -0.862. The summed E-state index contributed by atoms with van der Waals surface area (Å²) in [6.07, 6.45) is 0.886. The predicted molar refractivity (Wildman–Crippen MR) is 92.5 cm³/mol. The van der Waals surface area contributed by atoms with E-state index in [4.69, 9.17) is 14.6 Å². The van der Waals surface area contributed by atoms with Crippen molar-refractivity contribution in [1.82, 2.24) is 10.2 Å². The summed E-state index contributed by atoms with van der Waals surface area (Å²) < 4.78 is 10.6. The molecule has 25 heavy (non-hydrogen) atoms. The van der Waals surface area contributed by atoms with Gasteiger partial charge in [0.25, 0.3) is 0 Å². The maximum absolute atomic E-state index is 12.6. The third-order valence-electron chi connectivity index (χ3n) is 4.14. The number of nitrogens with one attached hydrogen (secondary N) is 1. The van der Waals surface area contributed by atoms with Crippen LogP contribution < -0.4 is 5.32 Å². The third-order valence-corrected chi connectivity index (χ3v) is 4.14. The van der Waals surface area contributed by atoms with Gasteiger partial charge in [0, 0.05) is 26.1 Å². The average molecular weight is 350 g/mol. The van der Waals surface area contributed by atoms with Gasteiger partial charge in [-0.05, 0) is 18.4 Å². The molecule has 0 aromatic heterocycles. The van der Waals surface area contributed by atoms with Crippen molar-refractivity contribution in [3.63, 3.8) is 0 Å². The smallest absolute Gasteiger partial charge is 0.317 e. The van der Waals surface area contributed by atoms with E-state index in [0.29, 0.717) is 39.1 Å². The first-order valence-electron chi connectivity index (χ1n) is 8.50. The van der Waals surface area contributed by atoms with E-state index in [1.165, 1.54) is 0 Å². The molecule has 0 bridgehead atoms. The second-order valence-electron chi connectivity index (χ2n) is 6.16. The molecule has 1 aromatic carbocycles. The van der Waals surface area contributed by atoms with Gasteiger partial charge in [-0.25, -0.2) is 4.79 Å². The number of urea groups is 1. The van der Waals surface area contributed by atoms with Gasteiger partial charge in [-0.3, -0.25) is 4.79 Å². The molecular weight excluding hydrogens is 324 g/mol. The number of benzene rings is 1. The Hall–Kier alpha value is -2.12. The van der Waals surface area contributed by atoms with Crippen molar-refractivity contribution in [2.75, 3.05) is 33.4 Å². The van der Waals surface area contributed by atoms with Crippen LogP contribution in [0.5, 0.6) is 0 Å². The van der Waals surface area contributed by atoms with Crippen molar-refractivity contribution in [3.05, 3.63) is 35.9 Å². The number of aliphatic carboxylic acids is 1. The van der Waals surface area contributed by atoms with Crippen molar-refractivity contribution in [2.45, 2.75) is 31.4 Å². The standard InChI is InChI=1S/C18H26N2O5/c1-24-13-16-12-20(9-10-25-16)18(23)19-15(7-8-17(21)22)11-14-5-3-2-4-6-14/h2-6,15-16H,7-13H2,1H3,(H,19,23)(H,21,22). The molecular formula is C18H26N2O5. The largest absolute Gasteiger partial charge is 0.481 e. The summed E-state index contributed by atoms with van der Waals surface area (Å²) in [6, 6.07) is 9.33.